The van der Waals surface area contributed by atoms with Crippen LogP contribution in [0.15, 0.2) is 12.4 Å². The van der Waals surface area contributed by atoms with Gasteiger partial charge in [0.1, 0.15) is 5.82 Å². The largest absolute Gasteiger partial charge is 0.378 e. The Hall–Kier alpha value is -3.01. The first kappa shape index (κ1) is 21.5. The van der Waals surface area contributed by atoms with E-state index in [4.69, 9.17) is 20.4 Å². The summed E-state index contributed by atoms with van der Waals surface area (Å²) < 4.78 is 5.55. The van der Waals surface area contributed by atoms with Crippen molar-refractivity contribution in [2.24, 2.45) is 5.92 Å². The third-order valence-electron chi connectivity index (χ3n) is 7.92. The van der Waals surface area contributed by atoms with Gasteiger partial charge in [0, 0.05) is 62.2 Å². The molecular formula is C24H32N8O2. The number of hydrogen-bond donors (Lipinski definition) is 1. The van der Waals surface area contributed by atoms with Crippen LogP contribution in [0.4, 0.5) is 17.7 Å². The van der Waals surface area contributed by atoms with Gasteiger partial charge in [0.05, 0.1) is 24.4 Å². The lowest BCUT2D eigenvalue weighted by Crippen LogP contribution is -2.49. The molecule has 10 nitrogen and oxygen atoms in total. The third-order valence-corrected chi connectivity index (χ3v) is 7.92. The highest BCUT2D eigenvalue weighted by Gasteiger charge is 2.46. The molecule has 10 heteroatoms. The van der Waals surface area contributed by atoms with Crippen LogP contribution in [-0.2, 0) is 16.0 Å². The number of likely N-dealkylation sites (tertiary alicyclic amines) is 1. The van der Waals surface area contributed by atoms with Gasteiger partial charge >= 0.3 is 0 Å². The molecule has 2 aromatic rings. The normalized spacial score (nSPS) is 24.9. The standard InChI is InChI=1S/C24H32N8O2/c1-24(6-8-31(15-24)21(33)16-3-2-4-16)32-7-5-18-19(17-13-26-22(25)27-14-17)28-23(29-20(18)32)30-9-11-34-12-10-30/h13-14,16H,2-12,15H2,1H3,(H2,25,26,27)/t24-/m1/s1. The van der Waals surface area contributed by atoms with Crippen LogP contribution in [0.1, 0.15) is 38.2 Å². The Morgan fingerprint density at radius 2 is 1.88 bits per heavy atom. The molecule has 1 atom stereocenters. The zero-order chi connectivity index (χ0) is 23.3. The summed E-state index contributed by atoms with van der Waals surface area (Å²) in [4.78, 5) is 38.1. The van der Waals surface area contributed by atoms with Crippen molar-refractivity contribution in [2.45, 2.75) is 44.6 Å². The molecule has 3 aliphatic heterocycles. The molecule has 34 heavy (non-hydrogen) atoms. The monoisotopic (exact) mass is 464 g/mol. The maximum absolute atomic E-state index is 12.9. The zero-order valence-corrected chi connectivity index (χ0v) is 19.7. The van der Waals surface area contributed by atoms with Crippen molar-refractivity contribution in [3.05, 3.63) is 18.0 Å². The minimum Gasteiger partial charge on any atom is -0.378 e. The van der Waals surface area contributed by atoms with Crippen molar-refractivity contribution in [1.82, 2.24) is 24.8 Å². The number of carbonyl (C=O) groups excluding carboxylic acids is 1. The van der Waals surface area contributed by atoms with E-state index in [0.29, 0.717) is 25.1 Å². The van der Waals surface area contributed by atoms with Gasteiger partial charge in [-0.25, -0.2) is 15.0 Å². The summed E-state index contributed by atoms with van der Waals surface area (Å²) in [6, 6.07) is 0. The number of fused-ring (bicyclic) bond motifs is 1. The molecule has 0 radical (unpaired) electrons. The van der Waals surface area contributed by atoms with E-state index in [1.165, 1.54) is 6.42 Å². The van der Waals surface area contributed by atoms with Crippen LogP contribution in [0.25, 0.3) is 11.3 Å². The van der Waals surface area contributed by atoms with Crippen molar-refractivity contribution in [3.8, 4) is 11.3 Å². The van der Waals surface area contributed by atoms with E-state index in [2.05, 4.69) is 31.6 Å². The average molecular weight is 465 g/mol. The third kappa shape index (κ3) is 3.64. The highest BCUT2D eigenvalue weighted by atomic mass is 16.5. The summed E-state index contributed by atoms with van der Waals surface area (Å²) in [6.07, 6.45) is 8.55. The second-order valence-corrected chi connectivity index (χ2v) is 10.1. The molecule has 1 saturated carbocycles. The van der Waals surface area contributed by atoms with Crippen LogP contribution in [0.5, 0.6) is 0 Å². The SMILES string of the molecule is C[C@@]1(N2CCc3c(-c4cnc(N)nc4)nc(N4CCOCC4)nc32)CCN(C(=O)C2CCC2)C1. The molecule has 0 spiro atoms. The van der Waals surface area contributed by atoms with E-state index in [-0.39, 0.29) is 17.4 Å². The summed E-state index contributed by atoms with van der Waals surface area (Å²) in [5, 5.41) is 0. The molecule has 0 unspecified atom stereocenters. The number of amides is 1. The van der Waals surface area contributed by atoms with Crippen molar-refractivity contribution in [1.29, 1.82) is 0 Å². The van der Waals surface area contributed by atoms with E-state index in [9.17, 15) is 4.79 Å². The molecule has 1 amide bonds. The molecule has 6 rings (SSSR count). The van der Waals surface area contributed by atoms with Crippen molar-refractivity contribution >= 4 is 23.6 Å². The second-order valence-electron chi connectivity index (χ2n) is 10.1. The predicted octanol–water partition coefficient (Wildman–Crippen LogP) is 1.51. The predicted molar refractivity (Wildman–Crippen MR) is 128 cm³/mol. The number of carbonyl (C=O) groups is 1. The number of nitrogen functional groups attached to an aromatic ring is 1. The minimum absolute atomic E-state index is 0.143. The molecule has 4 aliphatic rings. The van der Waals surface area contributed by atoms with E-state index >= 15 is 0 Å². The second kappa shape index (κ2) is 8.33. The number of aromatic nitrogens is 4. The van der Waals surface area contributed by atoms with Crippen molar-refractivity contribution < 1.29 is 9.53 Å². The van der Waals surface area contributed by atoms with Crippen LogP contribution >= 0.6 is 0 Å². The van der Waals surface area contributed by atoms with Gasteiger partial charge in [-0.3, -0.25) is 4.79 Å². The molecule has 2 aromatic heterocycles. The van der Waals surface area contributed by atoms with Crippen LogP contribution in [-0.4, -0.2) is 82.2 Å². The topological polar surface area (TPSA) is 114 Å². The Balaban J connectivity index is 1.36. The first-order chi connectivity index (χ1) is 16.5. The Morgan fingerprint density at radius 3 is 2.59 bits per heavy atom. The Morgan fingerprint density at radius 1 is 1.12 bits per heavy atom. The van der Waals surface area contributed by atoms with Gasteiger partial charge in [-0.2, -0.15) is 4.98 Å². The highest BCUT2D eigenvalue weighted by molar-refractivity contribution is 5.80. The van der Waals surface area contributed by atoms with Gasteiger partial charge in [-0.15, -0.1) is 0 Å². The number of anilines is 3. The van der Waals surface area contributed by atoms with E-state index in [1.54, 1.807) is 12.4 Å². The van der Waals surface area contributed by atoms with Gasteiger partial charge in [0.15, 0.2) is 0 Å². The van der Waals surface area contributed by atoms with Crippen LogP contribution in [0.2, 0.25) is 0 Å². The molecule has 1 aliphatic carbocycles. The Labute approximate surface area is 199 Å². The number of morpholine rings is 1. The maximum atomic E-state index is 12.9. The first-order valence-electron chi connectivity index (χ1n) is 12.4. The minimum atomic E-state index is -0.143. The molecule has 5 heterocycles. The Kier molecular flexibility index (Phi) is 5.28. The fourth-order valence-electron chi connectivity index (χ4n) is 5.64. The van der Waals surface area contributed by atoms with Crippen LogP contribution < -0.4 is 15.5 Å². The average Bonchev–Trinajstić information content (AvgIpc) is 3.43. The molecule has 0 aromatic carbocycles. The smallest absolute Gasteiger partial charge is 0.228 e. The van der Waals surface area contributed by atoms with Gasteiger partial charge in [-0.05, 0) is 32.6 Å². The summed E-state index contributed by atoms with van der Waals surface area (Å²) in [7, 11) is 0. The van der Waals surface area contributed by atoms with Crippen LogP contribution in [0.3, 0.4) is 0 Å². The Bertz CT molecular complexity index is 1080. The molecule has 3 fully saturated rings. The molecule has 180 valence electrons. The number of nitrogens with zero attached hydrogens (tertiary/aromatic N) is 7. The lowest BCUT2D eigenvalue weighted by atomic mass is 9.84. The lowest BCUT2D eigenvalue weighted by Gasteiger charge is -2.38. The molecular weight excluding hydrogens is 432 g/mol. The van der Waals surface area contributed by atoms with E-state index in [1.807, 2.05) is 0 Å². The number of ether oxygens (including phenoxy) is 1. The fraction of sp³-hybridized carbons (Fsp3) is 0.625. The highest BCUT2D eigenvalue weighted by Crippen LogP contribution is 2.42. The number of rotatable bonds is 4. The van der Waals surface area contributed by atoms with E-state index < -0.39 is 0 Å². The summed E-state index contributed by atoms with van der Waals surface area (Å²) in [5.74, 6) is 2.51. The number of hydrogen-bond acceptors (Lipinski definition) is 9. The van der Waals surface area contributed by atoms with Gasteiger partial charge < -0.3 is 25.2 Å². The van der Waals surface area contributed by atoms with Gasteiger partial charge in [-0.1, -0.05) is 6.42 Å². The molecule has 2 N–H and O–H groups in total. The summed E-state index contributed by atoms with van der Waals surface area (Å²) >= 11 is 0. The van der Waals surface area contributed by atoms with Gasteiger partial charge in [0.25, 0.3) is 0 Å². The number of nitrogens with two attached hydrogens (primary N) is 1. The van der Waals surface area contributed by atoms with Crippen LogP contribution in [0, 0.1) is 5.92 Å². The quantitative estimate of drug-likeness (QED) is 0.719. The van der Waals surface area contributed by atoms with Crippen molar-refractivity contribution in [2.75, 3.05) is 61.5 Å². The molecule has 2 saturated heterocycles. The lowest BCUT2D eigenvalue weighted by molar-refractivity contribution is -0.137. The van der Waals surface area contributed by atoms with Gasteiger partial charge in [0.2, 0.25) is 17.8 Å². The first-order valence-corrected chi connectivity index (χ1v) is 12.4. The fourth-order valence-corrected chi connectivity index (χ4v) is 5.64. The van der Waals surface area contributed by atoms with E-state index in [0.717, 1.165) is 81.0 Å². The van der Waals surface area contributed by atoms with Crippen molar-refractivity contribution in [3.63, 3.8) is 0 Å². The molecule has 0 bridgehead atoms. The summed E-state index contributed by atoms with van der Waals surface area (Å²) in [5.41, 5.74) is 8.44. The maximum Gasteiger partial charge on any atom is 0.228 e. The zero-order valence-electron chi connectivity index (χ0n) is 19.7. The summed E-state index contributed by atoms with van der Waals surface area (Å²) in [6.45, 7) is 7.56.